The molecule has 2 N–H and O–H groups in total. The van der Waals surface area contributed by atoms with Crippen molar-refractivity contribution in [2.75, 3.05) is 31.6 Å². The molecular formula is C14H22FN3O. The van der Waals surface area contributed by atoms with Crippen LogP contribution in [0.1, 0.15) is 19.4 Å². The van der Waals surface area contributed by atoms with Gasteiger partial charge in [0.05, 0.1) is 6.54 Å². The summed E-state index contributed by atoms with van der Waals surface area (Å²) in [5, 5.41) is 5.85. The third kappa shape index (κ3) is 4.52. The SMILES string of the molecule is CCNCc1c(F)cccc1N(C)CC(=O)NCC. The maximum absolute atomic E-state index is 13.9. The van der Waals surface area contributed by atoms with E-state index in [1.807, 2.05) is 19.9 Å². The van der Waals surface area contributed by atoms with Crippen molar-refractivity contribution < 1.29 is 9.18 Å². The summed E-state index contributed by atoms with van der Waals surface area (Å²) in [5.74, 6) is -0.315. The van der Waals surface area contributed by atoms with E-state index >= 15 is 0 Å². The lowest BCUT2D eigenvalue weighted by Gasteiger charge is -2.22. The van der Waals surface area contributed by atoms with Gasteiger partial charge in [-0.25, -0.2) is 4.39 Å². The maximum atomic E-state index is 13.9. The van der Waals surface area contributed by atoms with Crippen molar-refractivity contribution in [2.24, 2.45) is 0 Å². The number of nitrogens with one attached hydrogen (secondary N) is 2. The van der Waals surface area contributed by atoms with E-state index in [-0.39, 0.29) is 18.3 Å². The third-order valence-electron chi connectivity index (χ3n) is 2.81. The van der Waals surface area contributed by atoms with Crippen LogP contribution in [0.25, 0.3) is 0 Å². The second-order valence-corrected chi connectivity index (χ2v) is 4.33. The van der Waals surface area contributed by atoms with Crippen molar-refractivity contribution in [1.29, 1.82) is 0 Å². The first-order chi connectivity index (χ1) is 9.10. The highest BCUT2D eigenvalue weighted by molar-refractivity contribution is 5.81. The Morgan fingerprint density at radius 1 is 1.32 bits per heavy atom. The van der Waals surface area contributed by atoms with E-state index in [1.54, 1.807) is 18.0 Å². The molecule has 0 bridgehead atoms. The number of rotatable bonds is 7. The Morgan fingerprint density at radius 3 is 2.68 bits per heavy atom. The van der Waals surface area contributed by atoms with Crippen molar-refractivity contribution >= 4 is 11.6 Å². The summed E-state index contributed by atoms with van der Waals surface area (Å²) in [5.41, 5.74) is 1.34. The zero-order valence-corrected chi connectivity index (χ0v) is 11.8. The summed E-state index contributed by atoms with van der Waals surface area (Å²) >= 11 is 0. The van der Waals surface area contributed by atoms with E-state index < -0.39 is 0 Å². The van der Waals surface area contributed by atoms with Gasteiger partial charge in [-0.3, -0.25) is 4.79 Å². The maximum Gasteiger partial charge on any atom is 0.239 e. The Kier molecular flexibility index (Phi) is 6.29. The van der Waals surface area contributed by atoms with Gasteiger partial charge in [0.15, 0.2) is 0 Å². The molecule has 106 valence electrons. The molecule has 4 nitrogen and oxygen atoms in total. The highest BCUT2D eigenvalue weighted by atomic mass is 19.1. The summed E-state index contributed by atoms with van der Waals surface area (Å²) in [7, 11) is 1.79. The van der Waals surface area contributed by atoms with E-state index in [1.165, 1.54) is 6.07 Å². The first kappa shape index (κ1) is 15.4. The van der Waals surface area contributed by atoms with Crippen LogP contribution < -0.4 is 15.5 Å². The van der Waals surface area contributed by atoms with Gasteiger partial charge in [0.2, 0.25) is 5.91 Å². The fourth-order valence-corrected chi connectivity index (χ4v) is 1.88. The minimum absolute atomic E-state index is 0.0661. The topological polar surface area (TPSA) is 44.4 Å². The number of carbonyl (C=O) groups is 1. The molecule has 0 unspecified atom stereocenters. The van der Waals surface area contributed by atoms with Gasteiger partial charge < -0.3 is 15.5 Å². The highest BCUT2D eigenvalue weighted by Gasteiger charge is 2.13. The first-order valence-corrected chi connectivity index (χ1v) is 6.56. The molecule has 0 aliphatic carbocycles. The zero-order valence-electron chi connectivity index (χ0n) is 11.8. The Labute approximate surface area is 114 Å². The number of halogens is 1. The molecule has 0 radical (unpaired) electrons. The number of carbonyl (C=O) groups excluding carboxylic acids is 1. The van der Waals surface area contributed by atoms with Crippen molar-refractivity contribution in [1.82, 2.24) is 10.6 Å². The Bertz CT molecular complexity index is 423. The van der Waals surface area contributed by atoms with Crippen LogP contribution in [0.4, 0.5) is 10.1 Å². The van der Waals surface area contributed by atoms with Crippen LogP contribution in [-0.4, -0.2) is 32.6 Å². The molecule has 0 aliphatic rings. The normalized spacial score (nSPS) is 10.3. The molecule has 1 rings (SSSR count). The number of likely N-dealkylation sites (N-methyl/N-ethyl adjacent to an activating group) is 2. The van der Waals surface area contributed by atoms with Gasteiger partial charge in [-0.1, -0.05) is 13.0 Å². The van der Waals surface area contributed by atoms with Crippen LogP contribution in [0.15, 0.2) is 18.2 Å². The van der Waals surface area contributed by atoms with E-state index in [9.17, 15) is 9.18 Å². The molecule has 5 heteroatoms. The monoisotopic (exact) mass is 267 g/mol. The average molecular weight is 267 g/mol. The fourth-order valence-electron chi connectivity index (χ4n) is 1.88. The minimum Gasteiger partial charge on any atom is -0.365 e. The van der Waals surface area contributed by atoms with Crippen molar-refractivity contribution in [3.8, 4) is 0 Å². The lowest BCUT2D eigenvalue weighted by atomic mass is 10.1. The van der Waals surface area contributed by atoms with Gasteiger partial charge in [0.1, 0.15) is 5.82 Å². The summed E-state index contributed by atoms with van der Waals surface area (Å²) in [6.07, 6.45) is 0. The smallest absolute Gasteiger partial charge is 0.239 e. The third-order valence-corrected chi connectivity index (χ3v) is 2.81. The minimum atomic E-state index is -0.249. The number of amides is 1. The molecule has 0 aromatic heterocycles. The van der Waals surface area contributed by atoms with Gasteiger partial charge >= 0.3 is 0 Å². The highest BCUT2D eigenvalue weighted by Crippen LogP contribution is 2.22. The molecule has 0 heterocycles. The lowest BCUT2D eigenvalue weighted by molar-refractivity contribution is -0.119. The van der Waals surface area contributed by atoms with Gasteiger partial charge in [-0.2, -0.15) is 0 Å². The predicted molar refractivity (Wildman–Crippen MR) is 75.7 cm³/mol. The van der Waals surface area contributed by atoms with Crippen molar-refractivity contribution in [3.63, 3.8) is 0 Å². The number of anilines is 1. The molecule has 0 fully saturated rings. The number of hydrogen-bond donors (Lipinski definition) is 2. The predicted octanol–water partition coefficient (Wildman–Crippen LogP) is 1.51. The molecule has 0 atom stereocenters. The van der Waals surface area contributed by atoms with E-state index in [4.69, 9.17) is 0 Å². The van der Waals surface area contributed by atoms with Gasteiger partial charge in [-0.15, -0.1) is 0 Å². The summed E-state index contributed by atoms with van der Waals surface area (Å²) in [4.78, 5) is 13.3. The molecule has 1 aromatic carbocycles. The second-order valence-electron chi connectivity index (χ2n) is 4.33. The molecule has 0 saturated carbocycles. The van der Waals surface area contributed by atoms with Crippen LogP contribution in [0.2, 0.25) is 0 Å². The molecule has 0 aliphatic heterocycles. The van der Waals surface area contributed by atoms with Crippen LogP contribution in [0.5, 0.6) is 0 Å². The van der Waals surface area contributed by atoms with Crippen LogP contribution >= 0.6 is 0 Å². The van der Waals surface area contributed by atoms with Crippen LogP contribution in [0, 0.1) is 5.82 Å². The van der Waals surface area contributed by atoms with Crippen LogP contribution in [0.3, 0.4) is 0 Å². The standard InChI is InChI=1S/C14H22FN3O/c1-4-16-9-11-12(15)7-6-8-13(11)18(3)10-14(19)17-5-2/h6-8,16H,4-5,9-10H2,1-3H3,(H,17,19). The fraction of sp³-hybridized carbons (Fsp3) is 0.500. The Hall–Kier alpha value is -1.62. The number of nitrogens with zero attached hydrogens (tertiary/aromatic N) is 1. The van der Waals surface area contributed by atoms with Gasteiger partial charge in [-0.05, 0) is 25.6 Å². The Morgan fingerprint density at radius 2 is 2.05 bits per heavy atom. The summed E-state index contributed by atoms with van der Waals surface area (Å²) < 4.78 is 13.9. The quantitative estimate of drug-likeness (QED) is 0.787. The van der Waals surface area contributed by atoms with Gasteiger partial charge in [0, 0.05) is 31.4 Å². The summed E-state index contributed by atoms with van der Waals surface area (Å²) in [6, 6.07) is 4.93. The van der Waals surface area contributed by atoms with Crippen molar-refractivity contribution in [3.05, 3.63) is 29.6 Å². The lowest BCUT2D eigenvalue weighted by Crippen LogP contribution is -2.35. The second kappa shape index (κ2) is 7.74. The van der Waals surface area contributed by atoms with Crippen LogP contribution in [-0.2, 0) is 11.3 Å². The number of benzene rings is 1. The first-order valence-electron chi connectivity index (χ1n) is 6.56. The van der Waals surface area contributed by atoms with E-state index in [0.717, 1.165) is 12.2 Å². The molecule has 1 amide bonds. The van der Waals surface area contributed by atoms with Crippen molar-refractivity contribution in [2.45, 2.75) is 20.4 Å². The Balaban J connectivity index is 2.85. The zero-order chi connectivity index (χ0) is 14.3. The molecule has 19 heavy (non-hydrogen) atoms. The largest absolute Gasteiger partial charge is 0.365 e. The molecule has 1 aromatic rings. The molecular weight excluding hydrogens is 245 g/mol. The number of hydrogen-bond acceptors (Lipinski definition) is 3. The van der Waals surface area contributed by atoms with E-state index in [2.05, 4.69) is 10.6 Å². The molecule has 0 saturated heterocycles. The average Bonchev–Trinajstić information content (AvgIpc) is 2.37. The molecule has 0 spiro atoms. The van der Waals surface area contributed by atoms with E-state index in [0.29, 0.717) is 18.7 Å². The van der Waals surface area contributed by atoms with Gasteiger partial charge in [0.25, 0.3) is 0 Å². The summed E-state index contributed by atoms with van der Waals surface area (Å²) in [6.45, 7) is 5.89.